The number of nitrogens with zero attached hydrogens (tertiary/aromatic N) is 1. The Labute approximate surface area is 109 Å². The summed E-state index contributed by atoms with van der Waals surface area (Å²) in [6.45, 7) is 0. The fourth-order valence-corrected chi connectivity index (χ4v) is 1.93. The summed E-state index contributed by atoms with van der Waals surface area (Å²) in [5.74, 6) is -0.857. The van der Waals surface area contributed by atoms with Gasteiger partial charge in [0.15, 0.2) is 0 Å². The maximum absolute atomic E-state index is 12.1. The highest BCUT2D eigenvalue weighted by atomic mass is 32.2. The second kappa shape index (κ2) is 4.96. The van der Waals surface area contributed by atoms with Crippen molar-refractivity contribution in [2.45, 2.75) is 10.4 Å². The zero-order valence-electron chi connectivity index (χ0n) is 9.23. The highest BCUT2D eigenvalue weighted by molar-refractivity contribution is 8.00. The second-order valence-corrected chi connectivity index (χ2v) is 4.66. The average Bonchev–Trinajstić information content (AvgIpc) is 2.77. The van der Waals surface area contributed by atoms with Crippen molar-refractivity contribution < 1.29 is 23.1 Å². The summed E-state index contributed by atoms with van der Waals surface area (Å²) < 4.78 is 36.4. The lowest BCUT2D eigenvalue weighted by molar-refractivity contribution is -0.0328. The molecule has 0 amide bonds. The molecule has 0 saturated heterocycles. The van der Waals surface area contributed by atoms with E-state index in [1.54, 1.807) is 0 Å². The van der Waals surface area contributed by atoms with Crippen LogP contribution in [-0.4, -0.2) is 26.6 Å². The van der Waals surface area contributed by atoms with Crippen LogP contribution in [0.15, 0.2) is 35.4 Å². The Bertz CT molecular complexity index is 593. The highest BCUT2D eigenvalue weighted by Gasteiger charge is 2.29. The number of carboxylic acids is 1. The van der Waals surface area contributed by atoms with Gasteiger partial charge < -0.3 is 10.1 Å². The first-order chi connectivity index (χ1) is 8.85. The molecule has 0 spiro atoms. The van der Waals surface area contributed by atoms with Crippen LogP contribution < -0.4 is 0 Å². The minimum atomic E-state index is -4.33. The van der Waals surface area contributed by atoms with E-state index in [4.69, 9.17) is 5.11 Å². The molecular formula is C11H7F3N2O2S. The number of aromatic nitrogens is 2. The number of hydrogen-bond acceptors (Lipinski definition) is 3. The number of carbonyl (C=O) groups is 1. The van der Waals surface area contributed by atoms with Gasteiger partial charge in [-0.25, -0.2) is 9.78 Å². The van der Waals surface area contributed by atoms with Gasteiger partial charge in [0.25, 0.3) is 0 Å². The van der Waals surface area contributed by atoms with Crippen molar-refractivity contribution in [3.63, 3.8) is 0 Å². The highest BCUT2D eigenvalue weighted by Crippen LogP contribution is 2.37. The maximum Gasteiger partial charge on any atom is 0.446 e. The van der Waals surface area contributed by atoms with E-state index in [2.05, 4.69) is 9.97 Å². The van der Waals surface area contributed by atoms with Crippen molar-refractivity contribution >= 4 is 17.7 Å². The largest absolute Gasteiger partial charge is 0.477 e. The van der Waals surface area contributed by atoms with E-state index in [-0.39, 0.29) is 22.4 Å². The summed E-state index contributed by atoms with van der Waals surface area (Å²) in [5.41, 5.74) is -3.90. The van der Waals surface area contributed by atoms with Gasteiger partial charge in [0.05, 0.1) is 6.20 Å². The molecule has 100 valence electrons. The molecule has 0 fully saturated rings. The fourth-order valence-electron chi connectivity index (χ4n) is 1.39. The number of halogens is 3. The minimum Gasteiger partial charge on any atom is -0.477 e. The third-order valence-electron chi connectivity index (χ3n) is 2.17. The second-order valence-electron chi connectivity index (χ2n) is 3.52. The molecule has 0 radical (unpaired) electrons. The number of H-pyrrole nitrogens is 1. The Balaban J connectivity index is 2.20. The summed E-state index contributed by atoms with van der Waals surface area (Å²) in [5, 5.41) is 8.72. The van der Waals surface area contributed by atoms with Gasteiger partial charge >= 0.3 is 11.5 Å². The topological polar surface area (TPSA) is 66.0 Å². The molecule has 0 aliphatic rings. The number of nitrogens with one attached hydrogen (secondary N) is 1. The summed E-state index contributed by atoms with van der Waals surface area (Å²) in [6, 6.07) is 5.49. The smallest absolute Gasteiger partial charge is 0.446 e. The van der Waals surface area contributed by atoms with Crippen LogP contribution in [0.3, 0.4) is 0 Å². The molecule has 19 heavy (non-hydrogen) atoms. The third kappa shape index (κ3) is 3.50. The van der Waals surface area contributed by atoms with Crippen molar-refractivity contribution in [2.75, 3.05) is 0 Å². The lowest BCUT2D eigenvalue weighted by Gasteiger charge is -2.05. The number of hydrogen-bond donors (Lipinski definition) is 2. The van der Waals surface area contributed by atoms with Gasteiger partial charge in [-0.15, -0.1) is 0 Å². The fraction of sp³-hybridized carbons (Fsp3) is 0.0909. The van der Waals surface area contributed by atoms with E-state index in [1.165, 1.54) is 24.3 Å². The van der Waals surface area contributed by atoms with Crippen molar-refractivity contribution in [3.05, 3.63) is 36.2 Å². The number of imidazole rings is 1. The molecule has 0 aliphatic heterocycles. The summed E-state index contributed by atoms with van der Waals surface area (Å²) in [7, 11) is 0. The van der Waals surface area contributed by atoms with Gasteiger partial charge in [0.2, 0.25) is 0 Å². The third-order valence-corrected chi connectivity index (χ3v) is 2.91. The summed E-state index contributed by atoms with van der Waals surface area (Å²) in [6.07, 6.45) is 1.15. The standard InChI is InChI=1S/C11H7F3N2O2S/c12-11(13,14)19-7-3-1-6(2-4-7)9-15-5-8(16-9)10(17)18/h1-5H,(H,15,16)(H,17,18). The van der Waals surface area contributed by atoms with E-state index >= 15 is 0 Å². The predicted molar refractivity (Wildman–Crippen MR) is 62.9 cm³/mol. The molecule has 0 saturated carbocycles. The monoisotopic (exact) mass is 288 g/mol. The van der Waals surface area contributed by atoms with E-state index < -0.39 is 11.5 Å². The number of aromatic carboxylic acids is 1. The molecule has 2 rings (SSSR count). The number of alkyl halides is 3. The van der Waals surface area contributed by atoms with Crippen LogP contribution in [0, 0.1) is 0 Å². The first-order valence-electron chi connectivity index (χ1n) is 4.99. The predicted octanol–water partition coefficient (Wildman–Crippen LogP) is 3.39. The molecule has 1 heterocycles. The van der Waals surface area contributed by atoms with Crippen molar-refractivity contribution in [2.24, 2.45) is 0 Å². The Morgan fingerprint density at radius 3 is 2.37 bits per heavy atom. The van der Waals surface area contributed by atoms with E-state index in [9.17, 15) is 18.0 Å². The molecular weight excluding hydrogens is 281 g/mol. The Morgan fingerprint density at radius 1 is 1.26 bits per heavy atom. The van der Waals surface area contributed by atoms with Crippen LogP contribution in [-0.2, 0) is 0 Å². The molecule has 0 unspecified atom stereocenters. The van der Waals surface area contributed by atoms with Crippen LogP contribution in [0.1, 0.15) is 10.5 Å². The Morgan fingerprint density at radius 2 is 1.89 bits per heavy atom. The lowest BCUT2D eigenvalue weighted by atomic mass is 10.2. The first kappa shape index (κ1) is 13.5. The maximum atomic E-state index is 12.1. The number of carboxylic acid groups (broad SMARTS) is 1. The van der Waals surface area contributed by atoms with E-state index in [1.807, 2.05) is 0 Å². The van der Waals surface area contributed by atoms with Crippen molar-refractivity contribution in [3.8, 4) is 11.4 Å². The van der Waals surface area contributed by atoms with Gasteiger partial charge in [0, 0.05) is 10.5 Å². The van der Waals surface area contributed by atoms with Crippen molar-refractivity contribution in [1.29, 1.82) is 0 Å². The zero-order valence-corrected chi connectivity index (χ0v) is 10.0. The lowest BCUT2D eigenvalue weighted by Crippen LogP contribution is -1.98. The van der Waals surface area contributed by atoms with Gasteiger partial charge in [0.1, 0.15) is 11.5 Å². The minimum absolute atomic E-state index is 0.0567. The normalized spacial score (nSPS) is 11.5. The van der Waals surface area contributed by atoms with Crippen LogP contribution >= 0.6 is 11.8 Å². The molecule has 0 atom stereocenters. The molecule has 1 aromatic heterocycles. The number of benzene rings is 1. The number of aromatic amines is 1. The van der Waals surface area contributed by atoms with Gasteiger partial charge in [-0.1, -0.05) is 12.1 Å². The van der Waals surface area contributed by atoms with Crippen molar-refractivity contribution in [1.82, 2.24) is 9.97 Å². The van der Waals surface area contributed by atoms with Gasteiger partial charge in [-0.05, 0) is 23.9 Å². The van der Waals surface area contributed by atoms with Crippen LogP contribution in [0.4, 0.5) is 13.2 Å². The van der Waals surface area contributed by atoms with E-state index in [0.29, 0.717) is 11.4 Å². The average molecular weight is 288 g/mol. The Kier molecular flexibility index (Phi) is 3.52. The number of thioether (sulfide) groups is 1. The van der Waals surface area contributed by atoms with Crippen LogP contribution in [0.5, 0.6) is 0 Å². The van der Waals surface area contributed by atoms with Crippen LogP contribution in [0.2, 0.25) is 0 Å². The Hall–Kier alpha value is -1.96. The number of rotatable bonds is 3. The molecule has 0 bridgehead atoms. The molecule has 4 nitrogen and oxygen atoms in total. The van der Waals surface area contributed by atoms with Gasteiger partial charge in [-0.2, -0.15) is 13.2 Å². The molecule has 0 aliphatic carbocycles. The van der Waals surface area contributed by atoms with Crippen LogP contribution in [0.25, 0.3) is 11.4 Å². The van der Waals surface area contributed by atoms with E-state index in [0.717, 1.165) is 6.20 Å². The molecule has 2 aromatic rings. The van der Waals surface area contributed by atoms with Gasteiger partial charge in [-0.3, -0.25) is 0 Å². The molecule has 1 aromatic carbocycles. The first-order valence-corrected chi connectivity index (χ1v) is 5.81. The quantitative estimate of drug-likeness (QED) is 0.850. The molecule has 8 heteroatoms. The SMILES string of the molecule is O=C(O)c1cnc(-c2ccc(SC(F)(F)F)cc2)[nH]1. The molecule has 2 N–H and O–H groups in total. The summed E-state index contributed by atoms with van der Waals surface area (Å²) in [4.78, 5) is 17.1. The zero-order chi connectivity index (χ0) is 14.0. The summed E-state index contributed by atoms with van der Waals surface area (Å²) >= 11 is -0.210.